The van der Waals surface area contributed by atoms with Gasteiger partial charge in [-0.05, 0) is 26.5 Å². The molecule has 0 unspecified atom stereocenters. The number of hydrogen-bond donors (Lipinski definition) is 0. The summed E-state index contributed by atoms with van der Waals surface area (Å²) < 4.78 is 1.75. The van der Waals surface area contributed by atoms with Crippen LogP contribution in [-0.2, 0) is 20.4 Å². The first-order valence-corrected chi connectivity index (χ1v) is 2.58. The quantitative estimate of drug-likeness (QED) is 0.732. The summed E-state index contributed by atoms with van der Waals surface area (Å²) in [6, 6.07) is 0.397. The van der Waals surface area contributed by atoms with Gasteiger partial charge in [0.15, 0.2) is 0 Å². The number of aromatic nitrogens is 3. The van der Waals surface area contributed by atoms with E-state index >= 15 is 0 Å². The Kier molecular flexibility index (Phi) is 6.96. The Balaban J connectivity index is 0. The maximum absolute atomic E-state index is 3.80. The van der Waals surface area contributed by atoms with Gasteiger partial charge in [0.25, 0.3) is 0 Å². The van der Waals surface area contributed by atoms with Gasteiger partial charge >= 0.3 is 0 Å². The molecule has 0 saturated heterocycles. The Bertz CT molecular complexity index is 148. The third-order valence-electron chi connectivity index (χ3n) is 0.923. The van der Waals surface area contributed by atoms with Gasteiger partial charge in [-0.1, -0.05) is 7.43 Å². The Morgan fingerprint density at radius 1 is 1.50 bits per heavy atom. The molecule has 1 rings (SSSR count). The summed E-state index contributed by atoms with van der Waals surface area (Å²) in [5, 5.41) is 3.80. The van der Waals surface area contributed by atoms with E-state index in [9.17, 15) is 0 Å². The van der Waals surface area contributed by atoms with Crippen LogP contribution < -0.4 is 0 Å². The van der Waals surface area contributed by atoms with Crippen molar-refractivity contribution in [3.8, 4) is 0 Å². The summed E-state index contributed by atoms with van der Waals surface area (Å²) in [4.78, 5) is 3.67. The molecule has 1 heterocycles. The molecule has 0 spiro atoms. The maximum Gasteiger partial charge on any atom is 0.0272 e. The van der Waals surface area contributed by atoms with Crippen LogP contribution in [0.3, 0.4) is 0 Å². The second kappa shape index (κ2) is 5.58. The van der Waals surface area contributed by atoms with Gasteiger partial charge in [0, 0.05) is 26.5 Å². The first-order chi connectivity index (χ1) is 3.80. The molecule has 10 heavy (non-hydrogen) atoms. The molecule has 59 valence electrons. The van der Waals surface area contributed by atoms with Gasteiger partial charge in [0.2, 0.25) is 0 Å². The van der Waals surface area contributed by atoms with E-state index in [0.29, 0.717) is 6.04 Å². The van der Waals surface area contributed by atoms with Crippen LogP contribution in [0.4, 0.5) is 0 Å². The van der Waals surface area contributed by atoms with E-state index in [1.807, 2.05) is 13.8 Å². The van der Waals surface area contributed by atoms with Crippen molar-refractivity contribution in [3.63, 3.8) is 0 Å². The number of hydrogen-bond acceptors (Lipinski definition) is 2. The van der Waals surface area contributed by atoms with E-state index in [0.717, 1.165) is 0 Å². The summed E-state index contributed by atoms with van der Waals surface area (Å²) in [5.41, 5.74) is 0. The van der Waals surface area contributed by atoms with E-state index in [1.165, 1.54) is 0 Å². The fourth-order valence-electron chi connectivity index (χ4n) is 0.437. The normalized spacial score (nSPS) is 8.30. The fourth-order valence-corrected chi connectivity index (χ4v) is 0.437. The maximum atomic E-state index is 3.80. The molecule has 0 aliphatic rings. The second-order valence-corrected chi connectivity index (χ2v) is 1.92. The van der Waals surface area contributed by atoms with Crippen molar-refractivity contribution in [1.29, 1.82) is 0 Å². The summed E-state index contributed by atoms with van der Waals surface area (Å²) in [5.74, 6) is 0. The van der Waals surface area contributed by atoms with Crippen LogP contribution >= 0.6 is 0 Å². The monoisotopic (exact) mass is 313 g/mol. The summed E-state index contributed by atoms with van der Waals surface area (Å²) in [6.45, 7) is 4.09. The molecule has 4 heteroatoms. The van der Waals surface area contributed by atoms with Crippen LogP contribution in [-0.4, -0.2) is 14.8 Å². The molecule has 0 N–H and O–H groups in total. The molecule has 0 aliphatic heterocycles. The first-order valence-electron chi connectivity index (χ1n) is 2.58. The van der Waals surface area contributed by atoms with Crippen molar-refractivity contribution in [2.75, 3.05) is 0 Å². The van der Waals surface area contributed by atoms with Gasteiger partial charge < -0.3 is 9.67 Å². The zero-order valence-electron chi connectivity index (χ0n) is 5.37. The van der Waals surface area contributed by atoms with Crippen LogP contribution in [0.15, 0.2) is 6.33 Å². The van der Waals surface area contributed by atoms with Gasteiger partial charge in [0.05, 0.1) is 0 Å². The number of nitrogens with zero attached hydrogens (tertiary/aromatic N) is 3. The van der Waals surface area contributed by atoms with Crippen molar-refractivity contribution in [1.82, 2.24) is 14.8 Å². The Hall–Kier alpha value is -0.198. The van der Waals surface area contributed by atoms with Crippen LogP contribution in [0.1, 0.15) is 27.3 Å². The van der Waals surface area contributed by atoms with Gasteiger partial charge in [0.1, 0.15) is 0 Å². The van der Waals surface area contributed by atoms with E-state index in [2.05, 4.69) is 16.4 Å². The standard InChI is InChI=1S/C5H8N3.CH4.Re/c1-5(2)8-4-6-3-7-8;;/h4-5H,1-2H3;1H4;/q-1;;. The van der Waals surface area contributed by atoms with Crippen molar-refractivity contribution in [3.05, 3.63) is 12.7 Å². The molecule has 3 nitrogen and oxygen atoms in total. The molecule has 0 saturated carbocycles. The largest absolute Gasteiger partial charge is 0.420 e. The van der Waals surface area contributed by atoms with E-state index in [1.54, 1.807) is 11.0 Å². The predicted molar refractivity (Wildman–Crippen MR) is 36.0 cm³/mol. The molecule has 0 atom stereocenters. The molecule has 1 aromatic heterocycles. The van der Waals surface area contributed by atoms with Crippen LogP contribution in [0, 0.1) is 6.33 Å². The summed E-state index contributed by atoms with van der Waals surface area (Å²) in [6.07, 6.45) is 4.13. The van der Waals surface area contributed by atoms with Crippen LogP contribution in [0.5, 0.6) is 0 Å². The molecule has 1 radical (unpaired) electrons. The van der Waals surface area contributed by atoms with Crippen molar-refractivity contribution in [2.45, 2.75) is 27.3 Å². The van der Waals surface area contributed by atoms with Crippen molar-refractivity contribution < 1.29 is 20.4 Å². The molecule has 1 aromatic rings. The smallest absolute Gasteiger partial charge is 0.0272 e. The minimum atomic E-state index is 0. The minimum absolute atomic E-state index is 0. The zero-order valence-corrected chi connectivity index (χ0v) is 8.09. The predicted octanol–water partition coefficient (Wildman–Crippen LogP) is 1.29. The molecule has 0 aromatic carbocycles. The average molecular weight is 312 g/mol. The third kappa shape index (κ3) is 3.09. The fraction of sp³-hybridized carbons (Fsp3) is 0.667. The van der Waals surface area contributed by atoms with Crippen molar-refractivity contribution in [2.24, 2.45) is 0 Å². The molecular formula is C6H12N3Re-. The van der Waals surface area contributed by atoms with E-state index in [4.69, 9.17) is 0 Å². The summed E-state index contributed by atoms with van der Waals surface area (Å²) >= 11 is 0. The van der Waals surface area contributed by atoms with Crippen molar-refractivity contribution >= 4 is 0 Å². The zero-order chi connectivity index (χ0) is 5.98. The molecular weight excluding hydrogens is 300 g/mol. The van der Waals surface area contributed by atoms with E-state index < -0.39 is 0 Å². The average Bonchev–Trinajstić information content (AvgIpc) is 2.12. The Labute approximate surface area is 75.5 Å². The molecule has 0 bridgehead atoms. The molecule has 0 fully saturated rings. The summed E-state index contributed by atoms with van der Waals surface area (Å²) in [7, 11) is 0. The Morgan fingerprint density at radius 3 is 2.30 bits per heavy atom. The second-order valence-electron chi connectivity index (χ2n) is 1.92. The molecule has 0 aliphatic carbocycles. The van der Waals surface area contributed by atoms with Gasteiger partial charge in [-0.2, -0.15) is 0 Å². The van der Waals surface area contributed by atoms with E-state index in [-0.39, 0.29) is 27.8 Å². The number of rotatable bonds is 1. The first kappa shape index (κ1) is 12.5. The SMILES string of the molecule is C.CC(C)n1cn[c-]n1.[Re]. The molecule has 0 amide bonds. The van der Waals surface area contributed by atoms with Crippen LogP contribution in [0.2, 0.25) is 0 Å². The van der Waals surface area contributed by atoms with Gasteiger partial charge in [-0.15, -0.1) is 0 Å². The topological polar surface area (TPSA) is 30.7 Å². The Morgan fingerprint density at radius 2 is 2.10 bits per heavy atom. The third-order valence-corrected chi connectivity index (χ3v) is 0.923. The minimum Gasteiger partial charge on any atom is -0.420 e. The van der Waals surface area contributed by atoms with Crippen LogP contribution in [0.25, 0.3) is 0 Å². The van der Waals surface area contributed by atoms with Gasteiger partial charge in [-0.3, -0.25) is 5.10 Å². The van der Waals surface area contributed by atoms with Gasteiger partial charge in [-0.25, -0.2) is 0 Å².